The van der Waals surface area contributed by atoms with Crippen molar-refractivity contribution in [2.45, 2.75) is 33.1 Å². The molecule has 0 amide bonds. The predicted molar refractivity (Wildman–Crippen MR) is 63.9 cm³/mol. The minimum absolute atomic E-state index is 0.418. The van der Waals surface area contributed by atoms with Gasteiger partial charge in [-0.15, -0.1) is 0 Å². The molecule has 0 aromatic carbocycles. The molecule has 15 heavy (non-hydrogen) atoms. The quantitative estimate of drug-likeness (QED) is 0.728. The molecule has 3 heteroatoms. The number of hydrogen-bond donors (Lipinski definition) is 1. The van der Waals surface area contributed by atoms with Crippen molar-refractivity contribution in [3.8, 4) is 0 Å². The second-order valence-corrected chi connectivity index (χ2v) is 5.26. The van der Waals surface area contributed by atoms with E-state index in [1.165, 1.54) is 19.4 Å². The zero-order valence-electron chi connectivity index (χ0n) is 10.3. The molecular weight excluding hydrogens is 188 g/mol. The molecule has 1 heterocycles. The van der Waals surface area contributed by atoms with E-state index in [9.17, 15) is 0 Å². The van der Waals surface area contributed by atoms with Crippen molar-refractivity contribution in [3.05, 3.63) is 0 Å². The van der Waals surface area contributed by atoms with Gasteiger partial charge in [0.25, 0.3) is 0 Å². The molecule has 0 aromatic rings. The number of nitrogens with two attached hydrogens (primary N) is 1. The van der Waals surface area contributed by atoms with Gasteiger partial charge in [0.2, 0.25) is 0 Å². The Hall–Kier alpha value is -0.120. The molecule has 1 saturated heterocycles. The third kappa shape index (κ3) is 5.50. The number of ether oxygens (including phenoxy) is 1. The van der Waals surface area contributed by atoms with Gasteiger partial charge >= 0.3 is 0 Å². The van der Waals surface area contributed by atoms with Crippen LogP contribution >= 0.6 is 0 Å². The second-order valence-electron chi connectivity index (χ2n) is 5.26. The molecule has 1 rings (SSSR count). The number of nitrogens with zero attached hydrogens (tertiary/aromatic N) is 1. The lowest BCUT2D eigenvalue weighted by Gasteiger charge is -2.29. The van der Waals surface area contributed by atoms with E-state index >= 15 is 0 Å². The van der Waals surface area contributed by atoms with Crippen LogP contribution in [0.3, 0.4) is 0 Å². The van der Waals surface area contributed by atoms with E-state index in [4.69, 9.17) is 10.5 Å². The smallest absolute Gasteiger partial charge is 0.0594 e. The molecule has 0 aliphatic carbocycles. The number of morpholine rings is 1. The van der Waals surface area contributed by atoms with Crippen molar-refractivity contribution in [3.63, 3.8) is 0 Å². The van der Waals surface area contributed by atoms with E-state index in [1.807, 2.05) is 0 Å². The summed E-state index contributed by atoms with van der Waals surface area (Å²) >= 11 is 0. The summed E-state index contributed by atoms with van der Waals surface area (Å²) in [6.07, 6.45) is 3.70. The maximum absolute atomic E-state index is 5.60. The maximum Gasteiger partial charge on any atom is 0.0594 e. The molecule has 1 aliphatic rings. The first-order valence-corrected chi connectivity index (χ1v) is 6.14. The summed E-state index contributed by atoms with van der Waals surface area (Å²) in [6.45, 7) is 10.7. The Morgan fingerprint density at radius 1 is 1.20 bits per heavy atom. The summed E-state index contributed by atoms with van der Waals surface area (Å²) < 4.78 is 5.33. The summed E-state index contributed by atoms with van der Waals surface area (Å²) in [4.78, 5) is 2.50. The van der Waals surface area contributed by atoms with Crippen LogP contribution in [-0.4, -0.2) is 44.3 Å². The Morgan fingerprint density at radius 3 is 2.47 bits per heavy atom. The van der Waals surface area contributed by atoms with Crippen LogP contribution < -0.4 is 5.73 Å². The van der Waals surface area contributed by atoms with Gasteiger partial charge in [-0.2, -0.15) is 0 Å². The standard InChI is InChI=1S/C12H26N2O/c1-12(2,5-6-13)4-3-7-14-8-10-15-11-9-14/h3-11,13H2,1-2H3. The van der Waals surface area contributed by atoms with Gasteiger partial charge in [-0.25, -0.2) is 0 Å². The van der Waals surface area contributed by atoms with E-state index in [0.717, 1.165) is 39.3 Å². The second kappa shape index (κ2) is 6.46. The van der Waals surface area contributed by atoms with Gasteiger partial charge in [-0.3, -0.25) is 4.90 Å². The summed E-state index contributed by atoms with van der Waals surface area (Å²) in [5, 5.41) is 0. The molecule has 1 aliphatic heterocycles. The third-order valence-corrected chi connectivity index (χ3v) is 3.25. The zero-order valence-corrected chi connectivity index (χ0v) is 10.3. The maximum atomic E-state index is 5.60. The van der Waals surface area contributed by atoms with Gasteiger partial charge in [0.05, 0.1) is 13.2 Å². The van der Waals surface area contributed by atoms with Crippen LogP contribution in [0.2, 0.25) is 0 Å². The first-order valence-electron chi connectivity index (χ1n) is 6.14. The van der Waals surface area contributed by atoms with E-state index in [1.54, 1.807) is 0 Å². The monoisotopic (exact) mass is 214 g/mol. The van der Waals surface area contributed by atoms with E-state index in [2.05, 4.69) is 18.7 Å². The van der Waals surface area contributed by atoms with Crippen LogP contribution in [0.25, 0.3) is 0 Å². The molecule has 0 saturated carbocycles. The first-order chi connectivity index (χ1) is 7.14. The van der Waals surface area contributed by atoms with Gasteiger partial charge in [0, 0.05) is 13.1 Å². The molecule has 0 radical (unpaired) electrons. The van der Waals surface area contributed by atoms with Gasteiger partial charge in [0.15, 0.2) is 0 Å². The average Bonchev–Trinajstić information content (AvgIpc) is 2.19. The molecule has 2 N–H and O–H groups in total. The van der Waals surface area contributed by atoms with Crippen molar-refractivity contribution in [2.75, 3.05) is 39.4 Å². The van der Waals surface area contributed by atoms with Crippen LogP contribution in [-0.2, 0) is 4.74 Å². The van der Waals surface area contributed by atoms with Crippen molar-refractivity contribution in [1.29, 1.82) is 0 Å². The Labute approximate surface area is 94.0 Å². The molecule has 3 nitrogen and oxygen atoms in total. The highest BCUT2D eigenvalue weighted by atomic mass is 16.5. The lowest BCUT2D eigenvalue weighted by Crippen LogP contribution is -2.37. The average molecular weight is 214 g/mol. The Morgan fingerprint density at radius 2 is 1.87 bits per heavy atom. The highest BCUT2D eigenvalue weighted by molar-refractivity contribution is 4.70. The lowest BCUT2D eigenvalue weighted by molar-refractivity contribution is 0.0359. The van der Waals surface area contributed by atoms with Gasteiger partial charge < -0.3 is 10.5 Å². The predicted octanol–water partition coefficient (Wildman–Crippen LogP) is 1.47. The minimum atomic E-state index is 0.418. The van der Waals surface area contributed by atoms with Crippen molar-refractivity contribution >= 4 is 0 Å². The fourth-order valence-corrected chi connectivity index (χ4v) is 2.12. The largest absolute Gasteiger partial charge is 0.379 e. The molecule has 0 spiro atoms. The SMILES string of the molecule is CC(C)(CCN)CCCN1CCOCC1. The fourth-order valence-electron chi connectivity index (χ4n) is 2.12. The number of rotatable bonds is 6. The molecule has 0 aromatic heterocycles. The van der Waals surface area contributed by atoms with E-state index < -0.39 is 0 Å². The van der Waals surface area contributed by atoms with Crippen LogP contribution in [0.1, 0.15) is 33.1 Å². The summed E-state index contributed by atoms with van der Waals surface area (Å²) in [5.74, 6) is 0. The molecule has 0 atom stereocenters. The summed E-state index contributed by atoms with van der Waals surface area (Å²) in [5.41, 5.74) is 6.02. The van der Waals surface area contributed by atoms with Gasteiger partial charge in [0.1, 0.15) is 0 Å². The van der Waals surface area contributed by atoms with Crippen LogP contribution in [0.4, 0.5) is 0 Å². The van der Waals surface area contributed by atoms with Crippen LogP contribution in [0.15, 0.2) is 0 Å². The zero-order chi connectivity index (χ0) is 11.1. The normalized spacial score (nSPS) is 19.4. The number of hydrogen-bond acceptors (Lipinski definition) is 3. The summed E-state index contributed by atoms with van der Waals surface area (Å²) in [7, 11) is 0. The molecular formula is C12H26N2O. The molecule has 1 fully saturated rings. The molecule has 0 unspecified atom stereocenters. The van der Waals surface area contributed by atoms with E-state index in [0.29, 0.717) is 5.41 Å². The fraction of sp³-hybridized carbons (Fsp3) is 1.00. The van der Waals surface area contributed by atoms with Crippen LogP contribution in [0.5, 0.6) is 0 Å². The van der Waals surface area contributed by atoms with Crippen molar-refractivity contribution < 1.29 is 4.74 Å². The lowest BCUT2D eigenvalue weighted by atomic mass is 9.84. The van der Waals surface area contributed by atoms with E-state index in [-0.39, 0.29) is 0 Å². The van der Waals surface area contributed by atoms with Crippen molar-refractivity contribution in [1.82, 2.24) is 4.90 Å². The van der Waals surface area contributed by atoms with Crippen molar-refractivity contribution in [2.24, 2.45) is 11.1 Å². The summed E-state index contributed by atoms with van der Waals surface area (Å²) in [6, 6.07) is 0. The topological polar surface area (TPSA) is 38.5 Å². The Balaban J connectivity index is 2.09. The molecule has 90 valence electrons. The highest BCUT2D eigenvalue weighted by Gasteiger charge is 2.17. The van der Waals surface area contributed by atoms with Gasteiger partial charge in [-0.1, -0.05) is 13.8 Å². The van der Waals surface area contributed by atoms with Gasteiger partial charge in [-0.05, 0) is 37.8 Å². The first kappa shape index (κ1) is 12.9. The third-order valence-electron chi connectivity index (χ3n) is 3.25. The molecule has 0 bridgehead atoms. The minimum Gasteiger partial charge on any atom is -0.379 e. The van der Waals surface area contributed by atoms with Crippen LogP contribution in [0, 0.1) is 5.41 Å². The highest BCUT2D eigenvalue weighted by Crippen LogP contribution is 2.25. The Kier molecular flexibility index (Phi) is 5.58. The Bertz CT molecular complexity index is 165.